The fourth-order valence-corrected chi connectivity index (χ4v) is 2.27. The highest BCUT2D eigenvalue weighted by Crippen LogP contribution is 2.19. The Hall–Kier alpha value is -2.00. The van der Waals surface area contributed by atoms with Crippen molar-refractivity contribution in [3.63, 3.8) is 0 Å². The van der Waals surface area contributed by atoms with Crippen LogP contribution in [0.1, 0.15) is 36.2 Å². The molecule has 2 aromatic rings. The number of nitrogens with one attached hydrogen (secondary N) is 1. The van der Waals surface area contributed by atoms with Crippen molar-refractivity contribution in [2.75, 3.05) is 6.54 Å². The summed E-state index contributed by atoms with van der Waals surface area (Å²) in [5.41, 5.74) is 1.52. The zero-order valence-corrected chi connectivity index (χ0v) is 14.3. The van der Waals surface area contributed by atoms with Crippen LogP contribution in [-0.2, 0) is 6.61 Å². The van der Waals surface area contributed by atoms with E-state index in [1.54, 1.807) is 12.1 Å². The minimum absolute atomic E-state index is 0.0751. The van der Waals surface area contributed by atoms with E-state index in [-0.39, 0.29) is 5.91 Å². The molecule has 3 nitrogen and oxygen atoms in total. The van der Waals surface area contributed by atoms with E-state index in [9.17, 15) is 4.79 Å². The summed E-state index contributed by atoms with van der Waals surface area (Å²) in [5, 5.41) is 3.60. The molecule has 0 radical (unpaired) electrons. The normalized spacial score (nSPS) is 10.6. The molecule has 0 saturated heterocycles. The number of amides is 1. The highest BCUT2D eigenvalue weighted by molar-refractivity contribution is 6.31. The molecule has 0 aliphatic heterocycles. The van der Waals surface area contributed by atoms with Crippen LogP contribution < -0.4 is 10.1 Å². The van der Waals surface area contributed by atoms with Gasteiger partial charge in [0.2, 0.25) is 0 Å². The summed E-state index contributed by atoms with van der Waals surface area (Å²) in [4.78, 5) is 12.1. The van der Waals surface area contributed by atoms with E-state index >= 15 is 0 Å². The van der Waals surface area contributed by atoms with Crippen LogP contribution in [-0.4, -0.2) is 12.5 Å². The van der Waals surface area contributed by atoms with E-state index in [0.29, 0.717) is 35.4 Å². The molecule has 0 spiro atoms. The Morgan fingerprint density at radius 2 is 1.96 bits per heavy atom. The quantitative estimate of drug-likeness (QED) is 0.799. The van der Waals surface area contributed by atoms with Gasteiger partial charge in [-0.15, -0.1) is 0 Å². The number of ether oxygens (including phenoxy) is 1. The van der Waals surface area contributed by atoms with Crippen molar-refractivity contribution in [1.82, 2.24) is 5.32 Å². The zero-order valence-electron chi connectivity index (χ0n) is 13.5. The third-order valence-corrected chi connectivity index (χ3v) is 3.82. The van der Waals surface area contributed by atoms with E-state index in [1.165, 1.54) is 0 Å². The standard InChI is InChI=1S/C19H22ClNO2/c1-14(2)10-11-21-19(22)15-7-5-8-17(12-15)23-13-16-6-3-4-9-18(16)20/h3-9,12,14H,10-11,13H2,1-2H3,(H,21,22). The monoisotopic (exact) mass is 331 g/mol. The second-order valence-electron chi connectivity index (χ2n) is 5.85. The molecule has 2 aromatic carbocycles. The molecule has 0 bridgehead atoms. The first kappa shape index (κ1) is 17.4. The van der Waals surface area contributed by atoms with Crippen LogP contribution >= 0.6 is 11.6 Å². The SMILES string of the molecule is CC(C)CCNC(=O)c1cccc(OCc2ccccc2Cl)c1. The molecule has 1 N–H and O–H groups in total. The third kappa shape index (κ3) is 5.61. The van der Waals surface area contributed by atoms with Crippen LogP contribution in [0.5, 0.6) is 5.75 Å². The lowest BCUT2D eigenvalue weighted by Crippen LogP contribution is -2.25. The molecule has 2 rings (SSSR count). The molecular weight excluding hydrogens is 310 g/mol. The third-order valence-electron chi connectivity index (χ3n) is 3.46. The van der Waals surface area contributed by atoms with Crippen LogP contribution in [0.25, 0.3) is 0 Å². The maximum atomic E-state index is 12.1. The van der Waals surface area contributed by atoms with Gasteiger partial charge in [-0.25, -0.2) is 0 Å². The number of rotatable bonds is 7. The van der Waals surface area contributed by atoms with Gasteiger partial charge < -0.3 is 10.1 Å². The van der Waals surface area contributed by atoms with E-state index in [0.717, 1.165) is 12.0 Å². The van der Waals surface area contributed by atoms with Crippen LogP contribution in [0.4, 0.5) is 0 Å². The van der Waals surface area contributed by atoms with Crippen molar-refractivity contribution in [3.05, 3.63) is 64.7 Å². The number of hydrogen-bond acceptors (Lipinski definition) is 2. The van der Waals surface area contributed by atoms with Crippen molar-refractivity contribution in [2.45, 2.75) is 26.9 Å². The number of hydrogen-bond donors (Lipinski definition) is 1. The molecule has 1 amide bonds. The van der Waals surface area contributed by atoms with Crippen molar-refractivity contribution in [2.24, 2.45) is 5.92 Å². The topological polar surface area (TPSA) is 38.3 Å². The first-order chi connectivity index (χ1) is 11.1. The Morgan fingerprint density at radius 3 is 2.70 bits per heavy atom. The van der Waals surface area contributed by atoms with E-state index in [1.807, 2.05) is 36.4 Å². The Kier molecular flexibility index (Phi) is 6.48. The molecule has 0 heterocycles. The molecule has 4 heteroatoms. The Morgan fingerprint density at radius 1 is 1.17 bits per heavy atom. The lowest BCUT2D eigenvalue weighted by atomic mass is 10.1. The molecule has 23 heavy (non-hydrogen) atoms. The molecule has 0 aliphatic rings. The minimum Gasteiger partial charge on any atom is -0.489 e. The van der Waals surface area contributed by atoms with E-state index < -0.39 is 0 Å². The summed E-state index contributed by atoms with van der Waals surface area (Å²) in [5.74, 6) is 1.15. The highest BCUT2D eigenvalue weighted by atomic mass is 35.5. The Labute approximate surface area is 142 Å². The van der Waals surface area contributed by atoms with Gasteiger partial charge in [-0.2, -0.15) is 0 Å². The predicted molar refractivity (Wildman–Crippen MR) is 94.0 cm³/mol. The fourth-order valence-electron chi connectivity index (χ4n) is 2.08. The van der Waals surface area contributed by atoms with E-state index in [4.69, 9.17) is 16.3 Å². The number of carbonyl (C=O) groups excluding carboxylic acids is 1. The van der Waals surface area contributed by atoms with Crippen LogP contribution in [0.15, 0.2) is 48.5 Å². The average Bonchev–Trinajstić information content (AvgIpc) is 2.54. The highest BCUT2D eigenvalue weighted by Gasteiger charge is 2.07. The lowest BCUT2D eigenvalue weighted by molar-refractivity contribution is 0.0951. The summed E-state index contributed by atoms with van der Waals surface area (Å²) in [6.07, 6.45) is 0.967. The van der Waals surface area contributed by atoms with E-state index in [2.05, 4.69) is 19.2 Å². The minimum atomic E-state index is -0.0751. The maximum Gasteiger partial charge on any atom is 0.251 e. The van der Waals surface area contributed by atoms with Crippen molar-refractivity contribution in [1.29, 1.82) is 0 Å². The van der Waals surface area contributed by atoms with Gasteiger partial charge in [-0.3, -0.25) is 4.79 Å². The van der Waals surface area contributed by atoms with Gasteiger partial charge in [-0.05, 0) is 36.6 Å². The van der Waals surface area contributed by atoms with Crippen molar-refractivity contribution < 1.29 is 9.53 Å². The molecule has 0 fully saturated rings. The summed E-state index contributed by atoms with van der Waals surface area (Å²) < 4.78 is 5.74. The van der Waals surface area contributed by atoms with Crippen molar-refractivity contribution >= 4 is 17.5 Å². The first-order valence-corrected chi connectivity index (χ1v) is 8.18. The van der Waals surface area contributed by atoms with Gasteiger partial charge in [-0.1, -0.05) is 49.7 Å². The van der Waals surface area contributed by atoms with Crippen molar-refractivity contribution in [3.8, 4) is 5.75 Å². The smallest absolute Gasteiger partial charge is 0.251 e. The summed E-state index contributed by atoms with van der Waals surface area (Å²) in [6.45, 7) is 5.32. The van der Waals surface area contributed by atoms with Gasteiger partial charge in [0.15, 0.2) is 0 Å². The molecule has 0 saturated carbocycles. The maximum absolute atomic E-state index is 12.1. The van der Waals surface area contributed by atoms with Gasteiger partial charge in [0.25, 0.3) is 5.91 Å². The van der Waals surface area contributed by atoms with Crippen LogP contribution in [0.3, 0.4) is 0 Å². The average molecular weight is 332 g/mol. The largest absolute Gasteiger partial charge is 0.489 e. The molecule has 0 unspecified atom stereocenters. The van der Waals surface area contributed by atoms with Crippen LogP contribution in [0, 0.1) is 5.92 Å². The molecule has 0 aromatic heterocycles. The Balaban J connectivity index is 1.94. The molecular formula is C19H22ClNO2. The molecule has 0 aliphatic carbocycles. The summed E-state index contributed by atoms with van der Waals surface area (Å²) >= 11 is 6.11. The second-order valence-corrected chi connectivity index (χ2v) is 6.25. The first-order valence-electron chi connectivity index (χ1n) is 7.80. The number of halogens is 1. The fraction of sp³-hybridized carbons (Fsp3) is 0.316. The van der Waals surface area contributed by atoms with Gasteiger partial charge in [0.1, 0.15) is 12.4 Å². The van der Waals surface area contributed by atoms with Gasteiger partial charge >= 0.3 is 0 Å². The lowest BCUT2D eigenvalue weighted by Gasteiger charge is -2.10. The zero-order chi connectivity index (χ0) is 16.7. The Bertz CT molecular complexity index is 655. The van der Waals surface area contributed by atoms with Gasteiger partial charge in [0, 0.05) is 22.7 Å². The number of benzene rings is 2. The molecule has 122 valence electrons. The summed E-state index contributed by atoms with van der Waals surface area (Å²) in [6, 6.07) is 14.7. The van der Waals surface area contributed by atoms with Crippen LogP contribution in [0.2, 0.25) is 5.02 Å². The second kappa shape index (κ2) is 8.59. The van der Waals surface area contributed by atoms with Gasteiger partial charge in [0.05, 0.1) is 0 Å². The summed E-state index contributed by atoms with van der Waals surface area (Å²) in [7, 11) is 0. The molecule has 0 atom stereocenters. The number of carbonyl (C=O) groups is 1. The predicted octanol–water partition coefficient (Wildman–Crippen LogP) is 4.69.